The van der Waals surface area contributed by atoms with Crippen LogP contribution in [0.15, 0.2) is 41.1 Å². The first-order valence-electron chi connectivity index (χ1n) is 6.88. The fourth-order valence-corrected chi connectivity index (χ4v) is 3.18. The summed E-state index contributed by atoms with van der Waals surface area (Å²) in [6.45, 7) is 0.224. The van der Waals surface area contributed by atoms with E-state index >= 15 is 0 Å². The molecule has 1 heterocycles. The van der Waals surface area contributed by atoms with Crippen LogP contribution in [0.4, 0.5) is 4.39 Å². The Hall–Kier alpha value is -1.72. The molecule has 3 nitrogen and oxygen atoms in total. The van der Waals surface area contributed by atoms with E-state index < -0.39 is 6.10 Å². The summed E-state index contributed by atoms with van der Waals surface area (Å²) in [5.74, 6) is -0.202. The highest BCUT2D eigenvalue weighted by Gasteiger charge is 2.43. The maximum atomic E-state index is 12.9. The van der Waals surface area contributed by atoms with E-state index in [0.29, 0.717) is 0 Å². The normalized spacial score (nSPS) is 21.8. The number of aliphatic hydroxyl groups excluding tert-OH is 1. The van der Waals surface area contributed by atoms with Crippen molar-refractivity contribution in [3.05, 3.63) is 58.0 Å². The number of aliphatic hydroxyl groups is 1. The first kappa shape index (κ1) is 14.2. The SMILES string of the molecule is O=C(NCC(O)c1ccsc1)C1CC1c1ccc(F)cc1. The van der Waals surface area contributed by atoms with E-state index in [0.717, 1.165) is 17.5 Å². The highest BCUT2D eigenvalue weighted by Crippen LogP contribution is 2.47. The standard InChI is InChI=1S/C16H16FNO2S/c17-12-3-1-10(2-4-12)13-7-14(13)16(20)18-8-15(19)11-5-6-21-9-11/h1-6,9,13-15,19H,7-8H2,(H,18,20). The number of carbonyl (C=O) groups is 1. The maximum Gasteiger partial charge on any atom is 0.223 e. The Balaban J connectivity index is 1.50. The molecule has 1 aromatic carbocycles. The molecule has 1 aromatic heterocycles. The highest BCUT2D eigenvalue weighted by atomic mass is 32.1. The summed E-state index contributed by atoms with van der Waals surface area (Å²) in [6, 6.07) is 8.15. The Morgan fingerprint density at radius 1 is 1.38 bits per heavy atom. The molecule has 2 aromatic rings. The van der Waals surface area contributed by atoms with Crippen LogP contribution >= 0.6 is 11.3 Å². The van der Waals surface area contributed by atoms with Crippen LogP contribution in [0.2, 0.25) is 0 Å². The van der Waals surface area contributed by atoms with Gasteiger partial charge >= 0.3 is 0 Å². The molecule has 0 radical (unpaired) electrons. The number of halogens is 1. The first-order chi connectivity index (χ1) is 10.1. The van der Waals surface area contributed by atoms with Gasteiger partial charge in [0.2, 0.25) is 5.91 Å². The smallest absolute Gasteiger partial charge is 0.223 e. The van der Waals surface area contributed by atoms with E-state index in [1.54, 1.807) is 12.1 Å². The summed E-state index contributed by atoms with van der Waals surface area (Å²) in [7, 11) is 0. The van der Waals surface area contributed by atoms with E-state index in [4.69, 9.17) is 0 Å². The number of amides is 1. The minimum atomic E-state index is -0.664. The molecular weight excluding hydrogens is 289 g/mol. The average Bonchev–Trinajstić information content (AvgIpc) is 3.09. The highest BCUT2D eigenvalue weighted by molar-refractivity contribution is 7.07. The third-order valence-corrected chi connectivity index (χ3v) is 4.52. The number of carbonyl (C=O) groups excluding carboxylic acids is 1. The van der Waals surface area contributed by atoms with Crippen LogP contribution in [-0.2, 0) is 4.79 Å². The molecule has 3 unspecified atom stereocenters. The monoisotopic (exact) mass is 305 g/mol. The minimum Gasteiger partial charge on any atom is -0.387 e. The fraction of sp³-hybridized carbons (Fsp3) is 0.312. The van der Waals surface area contributed by atoms with Gasteiger partial charge in [-0.15, -0.1) is 0 Å². The van der Waals surface area contributed by atoms with Crippen molar-refractivity contribution in [1.29, 1.82) is 0 Å². The second-order valence-corrected chi connectivity index (χ2v) is 6.10. The summed E-state index contributed by atoms with van der Waals surface area (Å²) < 4.78 is 12.9. The van der Waals surface area contributed by atoms with Crippen LogP contribution in [0.25, 0.3) is 0 Å². The van der Waals surface area contributed by atoms with Gasteiger partial charge in [-0.05, 0) is 52.4 Å². The third-order valence-electron chi connectivity index (χ3n) is 3.82. The van der Waals surface area contributed by atoms with E-state index in [1.807, 2.05) is 16.8 Å². The lowest BCUT2D eigenvalue weighted by Gasteiger charge is -2.10. The van der Waals surface area contributed by atoms with E-state index in [9.17, 15) is 14.3 Å². The topological polar surface area (TPSA) is 49.3 Å². The van der Waals surface area contributed by atoms with Gasteiger partial charge in [0.25, 0.3) is 0 Å². The quantitative estimate of drug-likeness (QED) is 0.892. The molecule has 3 atom stereocenters. The van der Waals surface area contributed by atoms with E-state index in [-0.39, 0.29) is 30.1 Å². The Morgan fingerprint density at radius 3 is 2.81 bits per heavy atom. The molecule has 1 amide bonds. The van der Waals surface area contributed by atoms with Crippen LogP contribution in [0.1, 0.15) is 29.6 Å². The van der Waals surface area contributed by atoms with Crippen molar-refractivity contribution in [1.82, 2.24) is 5.32 Å². The number of thiophene rings is 1. The molecular formula is C16H16FNO2S. The Morgan fingerprint density at radius 2 is 2.14 bits per heavy atom. The largest absolute Gasteiger partial charge is 0.387 e. The van der Waals surface area contributed by atoms with Crippen molar-refractivity contribution in [2.45, 2.75) is 18.4 Å². The van der Waals surface area contributed by atoms with Crippen LogP contribution < -0.4 is 5.32 Å². The molecule has 2 N–H and O–H groups in total. The Labute approximate surface area is 126 Å². The van der Waals surface area contributed by atoms with Gasteiger partial charge in [-0.3, -0.25) is 4.79 Å². The zero-order valence-corrected chi connectivity index (χ0v) is 12.1. The third kappa shape index (κ3) is 3.31. The van der Waals surface area contributed by atoms with Gasteiger partial charge < -0.3 is 10.4 Å². The van der Waals surface area contributed by atoms with Crippen molar-refractivity contribution in [3.8, 4) is 0 Å². The van der Waals surface area contributed by atoms with Gasteiger partial charge in [-0.25, -0.2) is 4.39 Å². The summed E-state index contributed by atoms with van der Waals surface area (Å²) in [4.78, 5) is 12.0. The zero-order chi connectivity index (χ0) is 14.8. The molecule has 1 fully saturated rings. The summed E-state index contributed by atoms with van der Waals surface area (Å²) in [5.41, 5.74) is 1.82. The number of nitrogens with one attached hydrogen (secondary N) is 1. The molecule has 1 aliphatic rings. The number of rotatable bonds is 5. The average molecular weight is 305 g/mol. The van der Waals surface area contributed by atoms with Gasteiger partial charge in [0, 0.05) is 12.5 Å². The van der Waals surface area contributed by atoms with Gasteiger partial charge in [-0.2, -0.15) is 11.3 Å². The predicted octanol–water partition coefficient (Wildman–Crippen LogP) is 2.84. The van der Waals surface area contributed by atoms with Crippen LogP contribution in [0.3, 0.4) is 0 Å². The van der Waals surface area contributed by atoms with Crippen LogP contribution in [-0.4, -0.2) is 17.6 Å². The van der Waals surface area contributed by atoms with Gasteiger partial charge in [0.1, 0.15) is 5.82 Å². The lowest BCUT2D eigenvalue weighted by Crippen LogP contribution is -2.29. The molecule has 0 saturated heterocycles. The molecule has 0 spiro atoms. The minimum absolute atomic E-state index is 0.0430. The summed E-state index contributed by atoms with van der Waals surface area (Å²) in [6.07, 6.45) is 0.120. The van der Waals surface area contributed by atoms with Crippen molar-refractivity contribution in [2.24, 2.45) is 5.92 Å². The second kappa shape index (κ2) is 5.95. The zero-order valence-electron chi connectivity index (χ0n) is 11.3. The predicted molar refractivity (Wildman–Crippen MR) is 79.5 cm³/mol. The molecule has 0 aliphatic heterocycles. The van der Waals surface area contributed by atoms with E-state index in [2.05, 4.69) is 5.32 Å². The molecule has 0 bridgehead atoms. The van der Waals surface area contributed by atoms with E-state index in [1.165, 1.54) is 23.5 Å². The van der Waals surface area contributed by atoms with Crippen LogP contribution in [0.5, 0.6) is 0 Å². The Kier molecular flexibility index (Phi) is 4.03. The summed E-state index contributed by atoms with van der Waals surface area (Å²) in [5, 5.41) is 16.5. The Bertz CT molecular complexity index is 612. The lowest BCUT2D eigenvalue weighted by molar-refractivity contribution is -0.122. The van der Waals surface area contributed by atoms with Crippen molar-refractivity contribution >= 4 is 17.2 Å². The molecule has 1 saturated carbocycles. The lowest BCUT2D eigenvalue weighted by atomic mass is 10.1. The van der Waals surface area contributed by atoms with Crippen molar-refractivity contribution < 1.29 is 14.3 Å². The fourth-order valence-electron chi connectivity index (χ4n) is 2.47. The van der Waals surface area contributed by atoms with Crippen molar-refractivity contribution in [2.75, 3.05) is 6.54 Å². The first-order valence-corrected chi connectivity index (χ1v) is 7.83. The van der Waals surface area contributed by atoms with Crippen LogP contribution in [0, 0.1) is 11.7 Å². The molecule has 110 valence electrons. The molecule has 5 heteroatoms. The number of benzene rings is 1. The molecule has 1 aliphatic carbocycles. The number of hydrogen-bond acceptors (Lipinski definition) is 3. The summed E-state index contributed by atoms with van der Waals surface area (Å²) >= 11 is 1.52. The van der Waals surface area contributed by atoms with Gasteiger partial charge in [0.05, 0.1) is 6.10 Å². The maximum absolute atomic E-state index is 12.9. The number of hydrogen-bond donors (Lipinski definition) is 2. The van der Waals surface area contributed by atoms with Gasteiger partial charge in [0.15, 0.2) is 0 Å². The van der Waals surface area contributed by atoms with Crippen molar-refractivity contribution in [3.63, 3.8) is 0 Å². The molecule has 21 heavy (non-hydrogen) atoms. The second-order valence-electron chi connectivity index (χ2n) is 5.32. The van der Waals surface area contributed by atoms with Gasteiger partial charge in [-0.1, -0.05) is 12.1 Å². The molecule has 3 rings (SSSR count).